The van der Waals surface area contributed by atoms with E-state index in [2.05, 4.69) is 32.0 Å². The Hall–Kier alpha value is -2.35. The minimum absolute atomic E-state index is 0.0280. The van der Waals surface area contributed by atoms with Crippen LogP contribution in [0.1, 0.15) is 6.92 Å². The first-order valence-corrected chi connectivity index (χ1v) is 8.73. The van der Waals surface area contributed by atoms with E-state index in [4.69, 9.17) is 0 Å². The summed E-state index contributed by atoms with van der Waals surface area (Å²) in [6.07, 6.45) is 0. The number of hydrogen-bond donors (Lipinski definition) is 3. The fourth-order valence-corrected chi connectivity index (χ4v) is 2.82. The van der Waals surface area contributed by atoms with Crippen molar-refractivity contribution in [1.82, 2.24) is 20.5 Å². The summed E-state index contributed by atoms with van der Waals surface area (Å²) in [7, 11) is 3.44. The van der Waals surface area contributed by atoms with Crippen molar-refractivity contribution in [2.45, 2.75) is 6.92 Å². The molecule has 0 unspecified atom stereocenters. The van der Waals surface area contributed by atoms with Gasteiger partial charge in [0.25, 0.3) is 0 Å². The molecule has 0 atom stereocenters. The Balaban J connectivity index is 1.79. The van der Waals surface area contributed by atoms with Crippen molar-refractivity contribution in [1.29, 1.82) is 0 Å². The van der Waals surface area contributed by atoms with Gasteiger partial charge in [0, 0.05) is 33.7 Å². The number of guanidine groups is 1. The normalized spacial score (nSPS) is 11.4. The molecule has 0 bridgehead atoms. The van der Waals surface area contributed by atoms with Crippen LogP contribution in [0.2, 0.25) is 0 Å². The first-order valence-electron chi connectivity index (χ1n) is 7.92. The zero-order chi connectivity index (χ0) is 17.4. The molecular weight excluding hydrogens is 324 g/mol. The Morgan fingerprint density at radius 2 is 2.04 bits per heavy atom. The van der Waals surface area contributed by atoms with Crippen molar-refractivity contribution >= 4 is 38.6 Å². The van der Waals surface area contributed by atoms with Crippen LogP contribution in [0.4, 0.5) is 5.13 Å². The highest BCUT2D eigenvalue weighted by molar-refractivity contribution is 7.22. The van der Waals surface area contributed by atoms with Crippen LogP contribution in [0, 0.1) is 0 Å². The van der Waals surface area contributed by atoms with Crippen LogP contribution < -0.4 is 16.0 Å². The number of benzene rings is 1. The molecule has 1 amide bonds. The minimum Gasteiger partial charge on any atom is -0.360 e. The SMILES string of the molecule is CCNC(=NCC(=O)N(C)C)NCCNc1nc2ccccc2s1. The van der Waals surface area contributed by atoms with E-state index in [0.717, 1.165) is 17.2 Å². The summed E-state index contributed by atoms with van der Waals surface area (Å²) in [4.78, 5) is 21.9. The van der Waals surface area contributed by atoms with E-state index in [-0.39, 0.29) is 12.5 Å². The number of carbonyl (C=O) groups excluding carboxylic acids is 1. The predicted octanol–water partition coefficient (Wildman–Crippen LogP) is 1.35. The van der Waals surface area contributed by atoms with Crippen molar-refractivity contribution in [3.05, 3.63) is 24.3 Å². The molecule has 2 aromatic rings. The summed E-state index contributed by atoms with van der Waals surface area (Å²) < 4.78 is 1.17. The Labute approximate surface area is 146 Å². The van der Waals surface area contributed by atoms with Gasteiger partial charge in [0.05, 0.1) is 10.2 Å². The molecule has 1 aromatic heterocycles. The van der Waals surface area contributed by atoms with Crippen LogP contribution in [-0.4, -0.2) is 62.0 Å². The van der Waals surface area contributed by atoms with Gasteiger partial charge in [0.2, 0.25) is 5.91 Å². The van der Waals surface area contributed by atoms with Crippen molar-refractivity contribution < 1.29 is 4.79 Å². The van der Waals surface area contributed by atoms with Gasteiger partial charge in [-0.05, 0) is 19.1 Å². The second kappa shape index (κ2) is 9.07. The number of fused-ring (bicyclic) bond motifs is 1. The summed E-state index contributed by atoms with van der Waals surface area (Å²) in [6.45, 7) is 4.26. The van der Waals surface area contributed by atoms with E-state index in [1.165, 1.54) is 9.60 Å². The van der Waals surface area contributed by atoms with E-state index in [1.54, 1.807) is 25.4 Å². The number of amides is 1. The number of rotatable bonds is 7. The second-order valence-electron chi connectivity index (χ2n) is 5.32. The average Bonchev–Trinajstić information content (AvgIpc) is 2.98. The number of para-hydroxylation sites is 1. The molecule has 0 aliphatic carbocycles. The first-order chi connectivity index (χ1) is 11.6. The molecule has 24 heavy (non-hydrogen) atoms. The van der Waals surface area contributed by atoms with Crippen molar-refractivity contribution in [3.63, 3.8) is 0 Å². The lowest BCUT2D eigenvalue weighted by Crippen LogP contribution is -2.40. The van der Waals surface area contributed by atoms with Crippen LogP contribution >= 0.6 is 11.3 Å². The lowest BCUT2D eigenvalue weighted by molar-refractivity contribution is -0.127. The molecule has 1 aromatic carbocycles. The zero-order valence-electron chi connectivity index (χ0n) is 14.3. The highest BCUT2D eigenvalue weighted by atomic mass is 32.1. The van der Waals surface area contributed by atoms with E-state index in [9.17, 15) is 4.79 Å². The molecule has 8 heteroatoms. The van der Waals surface area contributed by atoms with Crippen LogP contribution in [-0.2, 0) is 4.79 Å². The maximum absolute atomic E-state index is 11.6. The number of thiazole rings is 1. The van der Waals surface area contributed by atoms with Gasteiger partial charge in [-0.3, -0.25) is 4.79 Å². The van der Waals surface area contributed by atoms with Crippen molar-refractivity contribution in [2.24, 2.45) is 4.99 Å². The summed E-state index contributed by atoms with van der Waals surface area (Å²) in [6, 6.07) is 8.07. The van der Waals surface area contributed by atoms with Gasteiger partial charge in [-0.1, -0.05) is 23.5 Å². The fraction of sp³-hybridized carbons (Fsp3) is 0.438. The molecule has 1 heterocycles. The van der Waals surface area contributed by atoms with Gasteiger partial charge in [-0.2, -0.15) is 0 Å². The number of carbonyl (C=O) groups is 1. The molecule has 0 aliphatic heterocycles. The summed E-state index contributed by atoms with van der Waals surface area (Å²) >= 11 is 1.64. The molecule has 130 valence electrons. The fourth-order valence-electron chi connectivity index (χ4n) is 1.93. The number of likely N-dealkylation sites (N-methyl/N-ethyl adjacent to an activating group) is 1. The highest BCUT2D eigenvalue weighted by Gasteiger charge is 2.04. The molecule has 0 radical (unpaired) electrons. The Bertz CT molecular complexity index is 664. The summed E-state index contributed by atoms with van der Waals surface area (Å²) in [5, 5.41) is 10.5. The minimum atomic E-state index is -0.0280. The number of aromatic nitrogens is 1. The number of aliphatic imine (C=N–C) groups is 1. The maximum atomic E-state index is 11.6. The van der Waals surface area contributed by atoms with Crippen LogP contribution in [0.5, 0.6) is 0 Å². The summed E-state index contributed by atoms with van der Waals surface area (Å²) in [5.74, 6) is 0.610. The van der Waals surface area contributed by atoms with E-state index in [0.29, 0.717) is 19.0 Å². The molecule has 0 saturated heterocycles. The van der Waals surface area contributed by atoms with Gasteiger partial charge >= 0.3 is 0 Å². The summed E-state index contributed by atoms with van der Waals surface area (Å²) in [5.41, 5.74) is 1.01. The third-order valence-corrected chi connectivity index (χ3v) is 4.20. The Kier molecular flexibility index (Phi) is 6.80. The van der Waals surface area contributed by atoms with Gasteiger partial charge in [-0.15, -0.1) is 0 Å². The number of nitrogens with one attached hydrogen (secondary N) is 3. The van der Waals surface area contributed by atoms with E-state index >= 15 is 0 Å². The quantitative estimate of drug-likeness (QED) is 0.400. The van der Waals surface area contributed by atoms with Crippen LogP contribution in [0.3, 0.4) is 0 Å². The molecule has 7 nitrogen and oxygen atoms in total. The topological polar surface area (TPSA) is 81.7 Å². The molecule has 0 fully saturated rings. The molecule has 0 aliphatic rings. The number of nitrogens with zero attached hydrogens (tertiary/aromatic N) is 3. The monoisotopic (exact) mass is 348 g/mol. The first kappa shape index (κ1) is 18.0. The van der Waals surface area contributed by atoms with Gasteiger partial charge in [-0.25, -0.2) is 9.98 Å². The van der Waals surface area contributed by atoms with Gasteiger partial charge < -0.3 is 20.9 Å². The smallest absolute Gasteiger partial charge is 0.243 e. The van der Waals surface area contributed by atoms with Crippen LogP contribution in [0.25, 0.3) is 10.2 Å². The van der Waals surface area contributed by atoms with E-state index < -0.39 is 0 Å². The van der Waals surface area contributed by atoms with Crippen molar-refractivity contribution in [3.8, 4) is 0 Å². The highest BCUT2D eigenvalue weighted by Crippen LogP contribution is 2.24. The third kappa shape index (κ3) is 5.38. The molecular formula is C16H24N6OS. The largest absolute Gasteiger partial charge is 0.360 e. The second-order valence-corrected chi connectivity index (χ2v) is 6.35. The Morgan fingerprint density at radius 3 is 2.75 bits per heavy atom. The molecule has 0 spiro atoms. The standard InChI is InChI=1S/C16H24N6OS/c1-4-17-15(20-11-14(23)22(2)3)18-9-10-19-16-21-12-7-5-6-8-13(12)24-16/h5-8H,4,9-11H2,1-3H3,(H,19,21)(H2,17,18,20). The lowest BCUT2D eigenvalue weighted by Gasteiger charge is -2.12. The number of anilines is 1. The van der Waals surface area contributed by atoms with Crippen LogP contribution in [0.15, 0.2) is 29.3 Å². The van der Waals surface area contributed by atoms with Gasteiger partial charge in [0.1, 0.15) is 6.54 Å². The molecule has 3 N–H and O–H groups in total. The lowest BCUT2D eigenvalue weighted by atomic mass is 10.3. The predicted molar refractivity (Wildman–Crippen MR) is 101 cm³/mol. The van der Waals surface area contributed by atoms with E-state index in [1.807, 2.05) is 25.1 Å². The van der Waals surface area contributed by atoms with Crippen molar-refractivity contribution in [2.75, 3.05) is 45.6 Å². The average molecular weight is 348 g/mol. The Morgan fingerprint density at radius 1 is 1.25 bits per heavy atom. The third-order valence-electron chi connectivity index (χ3n) is 3.20. The molecule has 0 saturated carbocycles. The maximum Gasteiger partial charge on any atom is 0.243 e. The van der Waals surface area contributed by atoms with Gasteiger partial charge in [0.15, 0.2) is 11.1 Å². The number of hydrogen-bond acceptors (Lipinski definition) is 5. The zero-order valence-corrected chi connectivity index (χ0v) is 15.1. The molecule has 2 rings (SSSR count).